The van der Waals surface area contributed by atoms with Crippen molar-refractivity contribution in [3.8, 4) is 5.75 Å². The summed E-state index contributed by atoms with van der Waals surface area (Å²) in [5.41, 5.74) is 7.59. The van der Waals surface area contributed by atoms with Crippen LogP contribution in [0.15, 0.2) is 29.4 Å². The van der Waals surface area contributed by atoms with Crippen molar-refractivity contribution in [3.63, 3.8) is 0 Å². The van der Waals surface area contributed by atoms with Crippen LogP contribution in [0, 0.1) is 0 Å². The Balaban J connectivity index is 2.55. The fourth-order valence-corrected chi connectivity index (χ4v) is 1.43. The Hall–Kier alpha value is -2.94. The van der Waals surface area contributed by atoms with Crippen molar-refractivity contribution in [1.82, 2.24) is 10.7 Å². The predicted molar refractivity (Wildman–Crippen MR) is 81.8 cm³/mol. The van der Waals surface area contributed by atoms with Gasteiger partial charge in [0.1, 0.15) is 5.75 Å². The first-order valence-electron chi connectivity index (χ1n) is 6.65. The van der Waals surface area contributed by atoms with Crippen molar-refractivity contribution in [3.05, 3.63) is 29.8 Å². The number of carbonyl (C=O) groups excluding carboxylic acids is 3. The molecule has 0 aliphatic heterocycles. The number of rotatable bonds is 8. The van der Waals surface area contributed by atoms with Crippen LogP contribution in [-0.4, -0.2) is 50.8 Å². The summed E-state index contributed by atoms with van der Waals surface area (Å²) >= 11 is 0. The summed E-state index contributed by atoms with van der Waals surface area (Å²) in [6.45, 7) is 0.238. The highest BCUT2D eigenvalue weighted by Gasteiger charge is 2.11. The van der Waals surface area contributed by atoms with Crippen LogP contribution in [0.4, 0.5) is 0 Å². The number of nitrogens with zero attached hydrogens (tertiary/aromatic N) is 1. The molecule has 0 unspecified atom stereocenters. The first-order valence-corrected chi connectivity index (χ1v) is 6.65. The van der Waals surface area contributed by atoms with E-state index in [1.165, 1.54) is 13.3 Å². The maximum Gasteiger partial charge on any atom is 0.329 e. The SMILES string of the molecule is COCCNC(=O)C(=O)N/N=C\c1ccccc1OCC(N)=O. The first-order chi connectivity index (χ1) is 11.0. The zero-order valence-corrected chi connectivity index (χ0v) is 12.6. The number of hydrazone groups is 1. The van der Waals surface area contributed by atoms with E-state index in [0.717, 1.165) is 0 Å². The van der Waals surface area contributed by atoms with Crippen molar-refractivity contribution in [2.75, 3.05) is 26.9 Å². The van der Waals surface area contributed by atoms with E-state index in [2.05, 4.69) is 15.8 Å². The van der Waals surface area contributed by atoms with E-state index in [4.69, 9.17) is 15.2 Å². The maximum atomic E-state index is 11.5. The smallest absolute Gasteiger partial charge is 0.329 e. The van der Waals surface area contributed by atoms with E-state index in [1.54, 1.807) is 24.3 Å². The molecule has 0 heterocycles. The summed E-state index contributed by atoms with van der Waals surface area (Å²) in [5.74, 6) is -1.98. The third kappa shape index (κ3) is 7.05. The number of methoxy groups -OCH3 is 1. The van der Waals surface area contributed by atoms with Gasteiger partial charge in [-0.3, -0.25) is 14.4 Å². The van der Waals surface area contributed by atoms with Gasteiger partial charge in [-0.1, -0.05) is 12.1 Å². The molecule has 9 heteroatoms. The molecule has 0 aliphatic rings. The molecule has 1 aromatic rings. The summed E-state index contributed by atoms with van der Waals surface area (Å²) < 4.78 is 9.94. The molecule has 1 aromatic carbocycles. The van der Waals surface area contributed by atoms with Gasteiger partial charge in [-0.2, -0.15) is 5.10 Å². The van der Waals surface area contributed by atoms with Crippen molar-refractivity contribution in [1.29, 1.82) is 0 Å². The fraction of sp³-hybridized carbons (Fsp3) is 0.286. The molecule has 0 bridgehead atoms. The minimum atomic E-state index is -0.909. The normalized spacial score (nSPS) is 10.3. The summed E-state index contributed by atoms with van der Waals surface area (Å²) in [6.07, 6.45) is 1.29. The lowest BCUT2D eigenvalue weighted by Gasteiger charge is -2.06. The number of para-hydroxylation sites is 1. The Morgan fingerprint density at radius 2 is 2.00 bits per heavy atom. The van der Waals surface area contributed by atoms with Crippen molar-refractivity contribution < 1.29 is 23.9 Å². The summed E-state index contributed by atoms with van der Waals surface area (Å²) in [6, 6.07) is 6.70. The molecule has 124 valence electrons. The minimum Gasteiger partial charge on any atom is -0.483 e. The second-order valence-electron chi connectivity index (χ2n) is 4.24. The van der Waals surface area contributed by atoms with Gasteiger partial charge in [0.05, 0.1) is 12.8 Å². The highest BCUT2D eigenvalue weighted by Crippen LogP contribution is 2.15. The van der Waals surface area contributed by atoms with Crippen LogP contribution >= 0.6 is 0 Å². The molecule has 9 nitrogen and oxygen atoms in total. The molecule has 1 rings (SSSR count). The van der Waals surface area contributed by atoms with Crippen LogP contribution in [0.3, 0.4) is 0 Å². The van der Waals surface area contributed by atoms with E-state index in [9.17, 15) is 14.4 Å². The van der Waals surface area contributed by atoms with Crippen molar-refractivity contribution in [2.24, 2.45) is 10.8 Å². The Bertz CT molecular complexity index is 588. The van der Waals surface area contributed by atoms with Gasteiger partial charge in [0, 0.05) is 19.2 Å². The number of nitrogens with two attached hydrogens (primary N) is 1. The largest absolute Gasteiger partial charge is 0.483 e. The molecule has 0 fully saturated rings. The topological polar surface area (TPSA) is 132 Å². The summed E-state index contributed by atoms with van der Waals surface area (Å²) in [4.78, 5) is 33.6. The molecular weight excluding hydrogens is 304 g/mol. The first kappa shape index (κ1) is 18.1. The standard InChI is InChI=1S/C14H18N4O5/c1-22-7-6-16-13(20)14(21)18-17-8-10-4-2-3-5-11(10)23-9-12(15)19/h2-5,8H,6-7,9H2,1H3,(H2,15,19)(H,16,20)(H,18,21)/b17-8-. The molecule has 23 heavy (non-hydrogen) atoms. The lowest BCUT2D eigenvalue weighted by molar-refractivity contribution is -0.139. The average Bonchev–Trinajstić information content (AvgIpc) is 2.53. The average molecular weight is 322 g/mol. The second-order valence-corrected chi connectivity index (χ2v) is 4.24. The van der Waals surface area contributed by atoms with E-state index in [-0.39, 0.29) is 13.2 Å². The third-order valence-electron chi connectivity index (χ3n) is 2.46. The van der Waals surface area contributed by atoms with Gasteiger partial charge in [0.15, 0.2) is 6.61 Å². The minimum absolute atomic E-state index is 0.219. The number of benzene rings is 1. The van der Waals surface area contributed by atoms with Gasteiger partial charge in [-0.05, 0) is 12.1 Å². The summed E-state index contributed by atoms with van der Waals surface area (Å²) in [5, 5.41) is 6.02. The van der Waals surface area contributed by atoms with Gasteiger partial charge >= 0.3 is 11.8 Å². The molecule has 0 aromatic heterocycles. The number of hydrogen-bond donors (Lipinski definition) is 3. The Morgan fingerprint density at radius 3 is 2.70 bits per heavy atom. The molecule has 0 radical (unpaired) electrons. The Labute approximate surface area is 132 Å². The Morgan fingerprint density at radius 1 is 1.26 bits per heavy atom. The van der Waals surface area contributed by atoms with Gasteiger partial charge in [0.25, 0.3) is 5.91 Å². The zero-order chi connectivity index (χ0) is 17.1. The van der Waals surface area contributed by atoms with Crippen LogP contribution in [0.1, 0.15) is 5.56 Å². The molecule has 0 spiro atoms. The third-order valence-corrected chi connectivity index (χ3v) is 2.46. The molecule has 0 saturated heterocycles. The van der Waals surface area contributed by atoms with E-state index in [1.807, 2.05) is 0 Å². The van der Waals surface area contributed by atoms with E-state index < -0.39 is 17.7 Å². The molecular formula is C14H18N4O5. The summed E-state index contributed by atoms with van der Waals surface area (Å²) in [7, 11) is 1.48. The van der Waals surface area contributed by atoms with Crippen LogP contribution < -0.4 is 21.2 Å². The van der Waals surface area contributed by atoms with Gasteiger partial charge in [0.2, 0.25) is 0 Å². The molecule has 0 aliphatic carbocycles. The quantitative estimate of drug-likeness (QED) is 0.238. The molecule has 0 saturated carbocycles. The lowest BCUT2D eigenvalue weighted by Crippen LogP contribution is -2.39. The monoisotopic (exact) mass is 322 g/mol. The molecule has 3 amide bonds. The maximum absolute atomic E-state index is 11.5. The lowest BCUT2D eigenvalue weighted by atomic mass is 10.2. The number of nitrogens with one attached hydrogen (secondary N) is 2. The van der Waals surface area contributed by atoms with Gasteiger partial charge < -0.3 is 20.5 Å². The second kappa shape index (κ2) is 9.90. The van der Waals surface area contributed by atoms with Crippen molar-refractivity contribution >= 4 is 23.9 Å². The number of primary amides is 1. The predicted octanol–water partition coefficient (Wildman–Crippen LogP) is -1.24. The van der Waals surface area contributed by atoms with E-state index in [0.29, 0.717) is 17.9 Å². The van der Waals surface area contributed by atoms with Gasteiger partial charge in [-0.25, -0.2) is 5.43 Å². The van der Waals surface area contributed by atoms with Crippen LogP contribution in [0.2, 0.25) is 0 Å². The molecule has 4 N–H and O–H groups in total. The highest BCUT2D eigenvalue weighted by atomic mass is 16.5. The highest BCUT2D eigenvalue weighted by molar-refractivity contribution is 6.35. The van der Waals surface area contributed by atoms with Gasteiger partial charge in [-0.15, -0.1) is 0 Å². The van der Waals surface area contributed by atoms with Crippen LogP contribution in [0.5, 0.6) is 5.75 Å². The van der Waals surface area contributed by atoms with Crippen LogP contribution in [0.25, 0.3) is 0 Å². The molecule has 0 atom stereocenters. The fourth-order valence-electron chi connectivity index (χ4n) is 1.43. The number of ether oxygens (including phenoxy) is 2. The van der Waals surface area contributed by atoms with Crippen molar-refractivity contribution in [2.45, 2.75) is 0 Å². The Kier molecular flexibility index (Phi) is 7.79. The van der Waals surface area contributed by atoms with Crippen LogP contribution in [-0.2, 0) is 19.1 Å². The van der Waals surface area contributed by atoms with E-state index >= 15 is 0 Å². The number of hydrogen-bond acceptors (Lipinski definition) is 6. The zero-order valence-electron chi connectivity index (χ0n) is 12.6. The number of carbonyl (C=O) groups is 3. The number of amides is 3.